The maximum Gasteiger partial charge on any atom is 0.573 e. The number of hydrogen-bond acceptors (Lipinski definition) is 6. The largest absolute Gasteiger partial charge is 0.573 e. The van der Waals surface area contributed by atoms with Crippen LogP contribution < -0.4 is 9.47 Å². The zero-order chi connectivity index (χ0) is 20.9. The van der Waals surface area contributed by atoms with Crippen molar-refractivity contribution >= 4 is 16.1 Å². The van der Waals surface area contributed by atoms with Crippen LogP contribution in [0, 0.1) is 12.3 Å². The van der Waals surface area contributed by atoms with Gasteiger partial charge in [0.1, 0.15) is 12.4 Å². The minimum Gasteiger partial charge on any atom is -0.471 e. The van der Waals surface area contributed by atoms with Crippen molar-refractivity contribution in [3.05, 3.63) is 23.8 Å². The third kappa shape index (κ3) is 7.76. The summed E-state index contributed by atoms with van der Waals surface area (Å²) in [6, 6.07) is 2.75. The highest BCUT2D eigenvalue weighted by Crippen LogP contribution is 2.36. The fraction of sp³-hybridized carbons (Fsp3) is 0.438. The Labute approximate surface area is 154 Å². The van der Waals surface area contributed by atoms with Gasteiger partial charge in [-0.2, -0.15) is 8.42 Å². The van der Waals surface area contributed by atoms with E-state index in [4.69, 9.17) is 15.7 Å². The van der Waals surface area contributed by atoms with E-state index >= 15 is 0 Å². The molecule has 0 saturated heterocycles. The highest BCUT2D eigenvalue weighted by atomic mass is 32.2. The predicted octanol–water partition coefficient (Wildman–Crippen LogP) is 2.81. The Morgan fingerprint density at radius 3 is 2.37 bits per heavy atom. The maximum absolute atomic E-state index is 12.6. The van der Waals surface area contributed by atoms with Crippen LogP contribution in [0.25, 0.3) is 0 Å². The van der Waals surface area contributed by atoms with Crippen LogP contribution in [-0.4, -0.2) is 43.3 Å². The lowest BCUT2D eigenvalue weighted by Gasteiger charge is -2.25. The molecule has 0 fully saturated rings. The molecule has 0 saturated carbocycles. The van der Waals surface area contributed by atoms with Gasteiger partial charge >= 0.3 is 12.3 Å². The van der Waals surface area contributed by atoms with E-state index in [-0.39, 0.29) is 12.0 Å². The van der Waals surface area contributed by atoms with Crippen LogP contribution >= 0.6 is 0 Å². The van der Waals surface area contributed by atoms with Gasteiger partial charge in [-0.1, -0.05) is 12.8 Å². The molecule has 0 heterocycles. The lowest BCUT2D eigenvalue weighted by Crippen LogP contribution is -2.30. The Morgan fingerprint density at radius 1 is 1.26 bits per heavy atom. The molecule has 1 N–H and O–H groups in total. The van der Waals surface area contributed by atoms with E-state index in [0.29, 0.717) is 0 Å². The fourth-order valence-corrected chi connectivity index (χ4v) is 1.99. The number of rotatable bonds is 8. The molecule has 27 heavy (non-hydrogen) atoms. The number of ether oxygens (including phenoxy) is 3. The Morgan fingerprint density at radius 2 is 1.89 bits per heavy atom. The van der Waals surface area contributed by atoms with Gasteiger partial charge in [-0.25, -0.2) is 4.79 Å². The lowest BCUT2D eigenvalue weighted by molar-refractivity contribution is -0.275. The number of carbonyl (C=O) groups excluding carboxylic acids is 1. The second kappa shape index (κ2) is 8.49. The number of terminal acetylenes is 1. The van der Waals surface area contributed by atoms with E-state index in [9.17, 15) is 26.4 Å². The maximum atomic E-state index is 12.6. The van der Waals surface area contributed by atoms with Crippen LogP contribution in [0.2, 0.25) is 0 Å². The monoisotopic (exact) mass is 410 g/mol. The van der Waals surface area contributed by atoms with E-state index in [1.807, 2.05) is 0 Å². The van der Waals surface area contributed by atoms with Crippen molar-refractivity contribution in [1.82, 2.24) is 0 Å². The SMILES string of the molecule is C#CC(C)(CC)Oc1cc(C(=O)OCCS(=O)(=O)O)ccc1OC(F)(F)F. The number of hydrogen-bond donors (Lipinski definition) is 1. The Balaban J connectivity index is 3.13. The van der Waals surface area contributed by atoms with Gasteiger partial charge in [-0.3, -0.25) is 4.55 Å². The first-order chi connectivity index (χ1) is 12.3. The topological polar surface area (TPSA) is 99.1 Å². The van der Waals surface area contributed by atoms with Crippen molar-refractivity contribution in [2.45, 2.75) is 32.2 Å². The van der Waals surface area contributed by atoms with Crippen LogP contribution in [-0.2, 0) is 14.9 Å². The standard InChI is InChI=1S/C16H17F3O7S/c1-4-15(3,5-2)25-13-10-11(6-7-12(13)26-16(17,18)19)14(20)24-8-9-27(21,22)23/h1,6-7,10H,5,8-9H2,2-3H3,(H,21,22,23). The minimum atomic E-state index is -5.01. The molecule has 0 aliphatic rings. The van der Waals surface area contributed by atoms with Gasteiger partial charge in [0, 0.05) is 0 Å². The predicted molar refractivity (Wildman–Crippen MR) is 88.0 cm³/mol. The third-order valence-corrected chi connectivity index (χ3v) is 3.98. The summed E-state index contributed by atoms with van der Waals surface area (Å²) in [7, 11) is -4.34. The highest BCUT2D eigenvalue weighted by molar-refractivity contribution is 7.85. The molecule has 0 spiro atoms. The van der Waals surface area contributed by atoms with E-state index in [2.05, 4.69) is 15.4 Å². The molecular formula is C16H17F3O7S. The van der Waals surface area contributed by atoms with Crippen molar-refractivity contribution in [2.75, 3.05) is 12.4 Å². The zero-order valence-corrected chi connectivity index (χ0v) is 15.2. The third-order valence-electron chi connectivity index (χ3n) is 3.29. The molecule has 0 amide bonds. The first-order valence-electron chi connectivity index (χ1n) is 7.47. The molecule has 0 bridgehead atoms. The zero-order valence-electron chi connectivity index (χ0n) is 14.4. The van der Waals surface area contributed by atoms with Gasteiger partial charge < -0.3 is 14.2 Å². The van der Waals surface area contributed by atoms with Gasteiger partial charge in [0.2, 0.25) is 0 Å². The number of halogens is 3. The Hall–Kier alpha value is -2.45. The number of benzene rings is 1. The van der Waals surface area contributed by atoms with Crippen molar-refractivity contribution in [3.8, 4) is 23.8 Å². The van der Waals surface area contributed by atoms with Crippen LogP contribution in [0.1, 0.15) is 30.6 Å². The average Bonchev–Trinajstić information content (AvgIpc) is 2.53. The summed E-state index contributed by atoms with van der Waals surface area (Å²) in [4.78, 5) is 11.9. The van der Waals surface area contributed by atoms with Crippen molar-refractivity contribution in [3.63, 3.8) is 0 Å². The normalized spacial score (nSPS) is 14.0. The molecule has 1 unspecified atom stereocenters. The number of carbonyl (C=O) groups is 1. The summed E-state index contributed by atoms with van der Waals surface area (Å²) in [6.45, 7) is 2.46. The molecule has 0 aliphatic heterocycles. The fourth-order valence-electron chi connectivity index (χ4n) is 1.69. The number of alkyl halides is 3. The molecule has 0 aromatic heterocycles. The van der Waals surface area contributed by atoms with Crippen molar-refractivity contribution < 1.29 is 45.1 Å². The average molecular weight is 410 g/mol. The summed E-state index contributed by atoms with van der Waals surface area (Å²) in [6.07, 6.45) is 0.579. The Kier molecular flexibility index (Phi) is 7.11. The molecular weight excluding hydrogens is 393 g/mol. The molecule has 1 atom stereocenters. The summed E-state index contributed by atoms with van der Waals surface area (Å²) < 4.78 is 81.4. The van der Waals surface area contributed by atoms with Crippen LogP contribution in [0.4, 0.5) is 13.2 Å². The molecule has 0 aliphatic carbocycles. The molecule has 150 valence electrons. The first kappa shape index (κ1) is 22.6. The summed E-state index contributed by atoms with van der Waals surface area (Å²) in [5.41, 5.74) is -1.50. The molecule has 1 rings (SSSR count). The molecule has 0 radical (unpaired) electrons. The molecule has 7 nitrogen and oxygen atoms in total. The minimum absolute atomic E-state index is 0.231. The van der Waals surface area contributed by atoms with Crippen LogP contribution in [0.5, 0.6) is 11.5 Å². The van der Waals surface area contributed by atoms with E-state index in [1.165, 1.54) is 6.92 Å². The quantitative estimate of drug-likeness (QED) is 0.400. The Bertz CT molecular complexity index is 827. The van der Waals surface area contributed by atoms with Gasteiger partial charge in [0.05, 0.1) is 5.56 Å². The van der Waals surface area contributed by atoms with Gasteiger partial charge in [-0.15, -0.1) is 19.6 Å². The van der Waals surface area contributed by atoms with Crippen LogP contribution in [0.15, 0.2) is 18.2 Å². The second-order valence-corrected chi connectivity index (χ2v) is 7.03. The summed E-state index contributed by atoms with van der Waals surface area (Å²) >= 11 is 0. The van der Waals surface area contributed by atoms with Crippen molar-refractivity contribution in [1.29, 1.82) is 0 Å². The van der Waals surface area contributed by atoms with Crippen LogP contribution in [0.3, 0.4) is 0 Å². The van der Waals surface area contributed by atoms with E-state index in [0.717, 1.165) is 18.2 Å². The molecule has 1 aromatic rings. The van der Waals surface area contributed by atoms with Gasteiger partial charge in [0.25, 0.3) is 10.1 Å². The summed E-state index contributed by atoms with van der Waals surface area (Å²) in [5.74, 6) is -0.737. The number of esters is 1. The second-order valence-electron chi connectivity index (χ2n) is 5.46. The van der Waals surface area contributed by atoms with Crippen molar-refractivity contribution in [2.24, 2.45) is 0 Å². The highest BCUT2D eigenvalue weighted by Gasteiger charge is 2.34. The molecule has 11 heteroatoms. The lowest BCUT2D eigenvalue weighted by atomic mass is 10.0. The van der Waals surface area contributed by atoms with Gasteiger partial charge in [0.15, 0.2) is 17.1 Å². The molecule has 1 aromatic carbocycles. The van der Waals surface area contributed by atoms with E-state index in [1.54, 1.807) is 6.92 Å². The summed E-state index contributed by atoms with van der Waals surface area (Å²) in [5, 5.41) is 0. The van der Waals surface area contributed by atoms with Gasteiger partial charge in [-0.05, 0) is 31.5 Å². The van der Waals surface area contributed by atoms with E-state index < -0.39 is 51.9 Å². The smallest absolute Gasteiger partial charge is 0.471 e. The first-order valence-corrected chi connectivity index (χ1v) is 9.08.